The van der Waals surface area contributed by atoms with Gasteiger partial charge in [0.15, 0.2) is 11.5 Å². The second-order valence-corrected chi connectivity index (χ2v) is 11.5. The predicted octanol–water partition coefficient (Wildman–Crippen LogP) is 4.86. The number of fused-ring (bicyclic) bond motifs is 1. The van der Waals surface area contributed by atoms with E-state index in [-0.39, 0.29) is 25.0 Å². The van der Waals surface area contributed by atoms with Crippen molar-refractivity contribution in [2.45, 2.75) is 51.1 Å². The molecule has 44 heavy (non-hydrogen) atoms. The summed E-state index contributed by atoms with van der Waals surface area (Å²) in [7, 11) is 1.59. The first-order valence-electron chi connectivity index (χ1n) is 15.5. The van der Waals surface area contributed by atoms with Gasteiger partial charge in [0, 0.05) is 43.7 Å². The Labute approximate surface area is 259 Å². The number of nitrogens with two attached hydrogens (primary N) is 1. The second-order valence-electron chi connectivity index (χ2n) is 11.5. The number of carbonyl (C=O) groups is 2. The van der Waals surface area contributed by atoms with E-state index >= 15 is 0 Å². The lowest BCUT2D eigenvalue weighted by Crippen LogP contribution is -2.45. The van der Waals surface area contributed by atoms with Crippen molar-refractivity contribution in [2.24, 2.45) is 11.7 Å². The molecule has 0 bridgehead atoms. The first-order valence-corrected chi connectivity index (χ1v) is 15.5. The number of carboxylic acid groups (broad SMARTS) is 1. The van der Waals surface area contributed by atoms with Gasteiger partial charge >= 0.3 is 5.97 Å². The third-order valence-corrected chi connectivity index (χ3v) is 8.75. The fourth-order valence-corrected chi connectivity index (χ4v) is 6.48. The molecule has 0 aliphatic carbocycles. The number of benzene rings is 3. The fourth-order valence-electron chi connectivity index (χ4n) is 6.48. The summed E-state index contributed by atoms with van der Waals surface area (Å²) in [6.07, 6.45) is 3.04. The summed E-state index contributed by atoms with van der Waals surface area (Å²) in [5.74, 6) is 0.145. The average Bonchev–Trinajstić information content (AvgIpc) is 3.66. The second kappa shape index (κ2) is 14.6. The summed E-state index contributed by atoms with van der Waals surface area (Å²) in [5, 5.41) is 10.6. The lowest BCUT2D eigenvalue weighted by molar-refractivity contribution is -0.143. The van der Waals surface area contributed by atoms with Crippen LogP contribution in [0.2, 0.25) is 0 Å². The van der Waals surface area contributed by atoms with Crippen molar-refractivity contribution in [1.82, 2.24) is 4.90 Å². The number of unbranched alkanes of at least 4 members (excludes halogenated alkanes) is 1. The third kappa shape index (κ3) is 7.00. The smallest absolute Gasteiger partial charge is 0.308 e. The Hall–Kier alpha value is -4.08. The van der Waals surface area contributed by atoms with Crippen LogP contribution >= 0.6 is 0 Å². The van der Waals surface area contributed by atoms with E-state index in [2.05, 4.69) is 13.0 Å². The molecule has 2 aliphatic heterocycles. The number of amides is 1. The number of carboxylic acids is 1. The molecule has 9 nitrogen and oxygen atoms in total. The van der Waals surface area contributed by atoms with Gasteiger partial charge in [-0.15, -0.1) is 0 Å². The average molecular weight is 602 g/mol. The number of nitrogens with zero attached hydrogens (tertiary/aromatic N) is 2. The molecule has 0 saturated carbocycles. The van der Waals surface area contributed by atoms with Gasteiger partial charge in [-0.2, -0.15) is 0 Å². The molecule has 0 aromatic heterocycles. The Morgan fingerprint density at radius 3 is 2.66 bits per heavy atom. The molecule has 0 unspecified atom stereocenters. The molecule has 1 amide bonds. The van der Waals surface area contributed by atoms with Crippen LogP contribution in [-0.4, -0.2) is 67.9 Å². The maximum Gasteiger partial charge on any atom is 0.308 e. The minimum atomic E-state index is -0.873. The van der Waals surface area contributed by atoms with E-state index < -0.39 is 17.9 Å². The maximum absolute atomic E-state index is 14.0. The number of hydrogen-bond donors (Lipinski definition) is 2. The molecular weight excluding hydrogens is 558 g/mol. The van der Waals surface area contributed by atoms with Crippen LogP contribution in [0.3, 0.4) is 0 Å². The third-order valence-electron chi connectivity index (χ3n) is 8.75. The zero-order chi connectivity index (χ0) is 31.1. The molecule has 2 aliphatic rings. The number of anilines is 1. The van der Waals surface area contributed by atoms with E-state index in [1.54, 1.807) is 7.11 Å². The molecule has 5 rings (SSSR count). The number of rotatable bonds is 14. The highest BCUT2D eigenvalue weighted by atomic mass is 16.5. The lowest BCUT2D eigenvalue weighted by atomic mass is 9.83. The minimum absolute atomic E-state index is 0.0598. The van der Waals surface area contributed by atoms with Crippen LogP contribution in [0, 0.1) is 5.92 Å². The molecule has 0 spiro atoms. The quantitative estimate of drug-likeness (QED) is 0.269. The van der Waals surface area contributed by atoms with Gasteiger partial charge in [0.2, 0.25) is 5.91 Å². The van der Waals surface area contributed by atoms with E-state index in [9.17, 15) is 14.7 Å². The summed E-state index contributed by atoms with van der Waals surface area (Å²) in [5.41, 5.74) is 9.73. The van der Waals surface area contributed by atoms with Crippen LogP contribution in [-0.2, 0) is 22.6 Å². The molecule has 234 valence electrons. The van der Waals surface area contributed by atoms with Gasteiger partial charge in [0.05, 0.1) is 32.8 Å². The van der Waals surface area contributed by atoms with Gasteiger partial charge in [-0.25, -0.2) is 0 Å². The standard InChI is InChI=1S/C35H43N3O6/c1-3-4-16-38(27-9-7-8-24(19-27)21-36)33(39)23-37-22-28(25-12-13-30-26(20-25)14-17-43-30)34(35(40)41)29(37)15-18-44-32-11-6-5-10-31(32)42-2/h5-13,19-20,28-29,34H,3-4,14-18,21-23,36H2,1-2H3,(H,40,41)/t28-,29+,34-/m1/s1. The van der Waals surface area contributed by atoms with Crippen LogP contribution in [0.4, 0.5) is 5.69 Å². The van der Waals surface area contributed by atoms with Crippen LogP contribution in [0.25, 0.3) is 0 Å². The molecular formula is C35H43N3O6. The van der Waals surface area contributed by atoms with Gasteiger partial charge < -0.3 is 30.0 Å². The van der Waals surface area contributed by atoms with Crippen LogP contribution < -0.4 is 24.8 Å². The molecule has 1 saturated heterocycles. The van der Waals surface area contributed by atoms with Gasteiger partial charge in [0.25, 0.3) is 0 Å². The van der Waals surface area contributed by atoms with E-state index in [1.807, 2.05) is 70.5 Å². The number of likely N-dealkylation sites (tertiary alicyclic amines) is 1. The summed E-state index contributed by atoms with van der Waals surface area (Å²) in [4.78, 5) is 30.9. The van der Waals surface area contributed by atoms with E-state index in [4.69, 9.17) is 19.9 Å². The zero-order valence-electron chi connectivity index (χ0n) is 25.6. The minimum Gasteiger partial charge on any atom is -0.493 e. The molecule has 0 radical (unpaired) electrons. The molecule has 2 heterocycles. The number of aliphatic carboxylic acids is 1. The normalized spacial score (nSPS) is 19.3. The monoisotopic (exact) mass is 601 g/mol. The molecule has 9 heteroatoms. The van der Waals surface area contributed by atoms with Gasteiger partial charge in [-0.05, 0) is 59.9 Å². The predicted molar refractivity (Wildman–Crippen MR) is 170 cm³/mol. The fraction of sp³-hybridized carbons (Fsp3) is 0.429. The molecule has 3 aromatic carbocycles. The summed E-state index contributed by atoms with van der Waals surface area (Å²) in [6.45, 7) is 4.53. The Morgan fingerprint density at radius 2 is 1.91 bits per heavy atom. The van der Waals surface area contributed by atoms with Gasteiger partial charge in [0.1, 0.15) is 5.75 Å². The molecule has 1 fully saturated rings. The highest BCUT2D eigenvalue weighted by molar-refractivity contribution is 5.95. The highest BCUT2D eigenvalue weighted by Gasteiger charge is 2.47. The van der Waals surface area contributed by atoms with Crippen LogP contribution in [0.1, 0.15) is 48.8 Å². The summed E-state index contributed by atoms with van der Waals surface area (Å²) in [6, 6.07) is 20.8. The van der Waals surface area contributed by atoms with Gasteiger partial charge in [-0.3, -0.25) is 14.5 Å². The Bertz CT molecular complexity index is 1450. The topological polar surface area (TPSA) is 115 Å². The highest BCUT2D eigenvalue weighted by Crippen LogP contribution is 2.41. The molecule has 3 aromatic rings. The van der Waals surface area contributed by atoms with E-state index in [0.717, 1.165) is 47.4 Å². The van der Waals surface area contributed by atoms with Crippen molar-refractivity contribution in [1.29, 1.82) is 0 Å². The number of ether oxygens (including phenoxy) is 3. The SMILES string of the molecule is CCCCN(C(=O)CN1C[C@H](c2ccc3c(c2)CCO3)[C@@H](C(=O)O)[C@@H]1CCOc1ccccc1OC)c1cccc(CN)c1. The molecule has 3 atom stereocenters. The van der Waals surface area contributed by atoms with Crippen LogP contribution in [0.15, 0.2) is 66.7 Å². The lowest BCUT2D eigenvalue weighted by Gasteiger charge is -2.30. The number of methoxy groups -OCH3 is 1. The van der Waals surface area contributed by atoms with Gasteiger partial charge in [-0.1, -0.05) is 49.7 Å². The Morgan fingerprint density at radius 1 is 1.09 bits per heavy atom. The van der Waals surface area contributed by atoms with Crippen LogP contribution in [0.5, 0.6) is 17.2 Å². The van der Waals surface area contributed by atoms with Crippen molar-refractivity contribution in [3.05, 3.63) is 83.4 Å². The number of para-hydroxylation sites is 2. The van der Waals surface area contributed by atoms with Crippen molar-refractivity contribution in [3.8, 4) is 17.2 Å². The van der Waals surface area contributed by atoms with Crippen molar-refractivity contribution in [2.75, 3.05) is 44.9 Å². The Kier molecular flexibility index (Phi) is 10.4. The number of hydrogen-bond acceptors (Lipinski definition) is 7. The zero-order valence-corrected chi connectivity index (χ0v) is 25.6. The maximum atomic E-state index is 14.0. The first kappa shape index (κ1) is 31.3. The molecule has 3 N–H and O–H groups in total. The largest absolute Gasteiger partial charge is 0.493 e. The Balaban J connectivity index is 1.42. The van der Waals surface area contributed by atoms with Crippen molar-refractivity contribution in [3.63, 3.8) is 0 Å². The van der Waals surface area contributed by atoms with E-state index in [1.165, 1.54) is 0 Å². The van der Waals surface area contributed by atoms with E-state index in [0.29, 0.717) is 44.2 Å². The summed E-state index contributed by atoms with van der Waals surface area (Å²) < 4.78 is 17.2. The number of carbonyl (C=O) groups excluding carboxylic acids is 1. The first-order chi connectivity index (χ1) is 21.4. The summed E-state index contributed by atoms with van der Waals surface area (Å²) >= 11 is 0. The van der Waals surface area contributed by atoms with Crippen molar-refractivity contribution >= 4 is 17.6 Å². The van der Waals surface area contributed by atoms with Crippen molar-refractivity contribution < 1.29 is 28.9 Å².